The van der Waals surface area contributed by atoms with Gasteiger partial charge in [0.05, 0.1) is 6.10 Å². The highest BCUT2D eigenvalue weighted by Gasteiger charge is 2.25. The Morgan fingerprint density at radius 1 is 1.33 bits per heavy atom. The number of aliphatic hydroxyl groups excluding tert-OH is 3. The van der Waals surface area contributed by atoms with Crippen LogP contribution >= 0.6 is 0 Å². The highest BCUT2D eigenvalue weighted by molar-refractivity contribution is 4.94. The largest absolute Gasteiger partial charge is 0.510 e. The molecule has 106 valence electrons. The summed E-state index contributed by atoms with van der Waals surface area (Å²) < 4.78 is 0. The van der Waals surface area contributed by atoms with Gasteiger partial charge in [-0.3, -0.25) is 0 Å². The Hall–Kier alpha value is -0.620. The fraction of sp³-hybridized carbons (Fsp3) is 0.846. The molecular weight excluding hydrogens is 232 g/mol. The number of hydrogen-bond acceptors (Lipinski definition) is 5. The van der Waals surface area contributed by atoms with Gasteiger partial charge in [0.25, 0.3) is 0 Å². The molecule has 0 aromatic carbocycles. The van der Waals surface area contributed by atoms with Gasteiger partial charge in [-0.25, -0.2) is 0 Å². The van der Waals surface area contributed by atoms with E-state index in [2.05, 4.69) is 30.6 Å². The Morgan fingerprint density at radius 3 is 2.33 bits per heavy atom. The summed E-state index contributed by atoms with van der Waals surface area (Å²) in [7, 11) is 0. The zero-order valence-electron chi connectivity index (χ0n) is 11.3. The second-order valence-corrected chi connectivity index (χ2v) is 5.40. The lowest BCUT2D eigenvalue weighted by molar-refractivity contribution is -0.00631. The van der Waals surface area contributed by atoms with Gasteiger partial charge < -0.3 is 25.5 Å². The van der Waals surface area contributed by atoms with Gasteiger partial charge in [0.2, 0.25) is 0 Å². The van der Waals surface area contributed by atoms with E-state index in [1.54, 1.807) is 0 Å². The van der Waals surface area contributed by atoms with Crippen LogP contribution in [-0.4, -0.2) is 64.1 Å². The Labute approximate surface area is 109 Å². The number of rotatable bonds is 6. The molecule has 2 unspecified atom stereocenters. The maximum absolute atomic E-state index is 9.72. The van der Waals surface area contributed by atoms with E-state index >= 15 is 0 Å². The van der Waals surface area contributed by atoms with Crippen molar-refractivity contribution in [1.29, 1.82) is 0 Å². The molecule has 1 fully saturated rings. The zero-order valence-corrected chi connectivity index (χ0v) is 11.3. The molecule has 0 bridgehead atoms. The van der Waals surface area contributed by atoms with Gasteiger partial charge in [-0.05, 0) is 25.9 Å². The molecule has 0 saturated carbocycles. The van der Waals surface area contributed by atoms with Crippen LogP contribution in [0.3, 0.4) is 0 Å². The number of nitrogens with zero attached hydrogens (tertiary/aromatic N) is 1. The fourth-order valence-corrected chi connectivity index (χ4v) is 2.34. The van der Waals surface area contributed by atoms with Gasteiger partial charge in [0, 0.05) is 18.6 Å². The van der Waals surface area contributed by atoms with E-state index in [0.717, 1.165) is 25.9 Å². The summed E-state index contributed by atoms with van der Waals surface area (Å²) in [4.78, 5) is 2.11. The molecule has 1 aliphatic rings. The van der Waals surface area contributed by atoms with Crippen molar-refractivity contribution in [2.45, 2.75) is 51.0 Å². The minimum absolute atomic E-state index is 0.370. The minimum Gasteiger partial charge on any atom is -0.510 e. The fourth-order valence-electron chi connectivity index (χ4n) is 2.34. The van der Waals surface area contributed by atoms with Crippen LogP contribution in [0, 0.1) is 0 Å². The van der Waals surface area contributed by atoms with E-state index in [-0.39, 0.29) is 5.76 Å². The number of aliphatic hydroxyl groups is 3. The van der Waals surface area contributed by atoms with Crippen LogP contribution in [0.2, 0.25) is 0 Å². The highest BCUT2D eigenvalue weighted by Crippen LogP contribution is 2.13. The SMILES string of the molecule is C=C(O)C(O)C(O)CN1CCC(NC(C)C)CC1. The standard InChI is InChI=1S/C13H26N2O3/c1-9(2)14-11-4-6-15(7-5-11)8-12(17)13(18)10(3)16/h9,11-14,16-18H,3-8H2,1-2H3. The van der Waals surface area contributed by atoms with Crippen molar-refractivity contribution in [2.75, 3.05) is 19.6 Å². The predicted octanol–water partition coefficient (Wildman–Crippen LogP) is 0.242. The lowest BCUT2D eigenvalue weighted by atomic mass is 10.0. The maximum atomic E-state index is 9.72. The lowest BCUT2D eigenvalue weighted by Gasteiger charge is -2.35. The van der Waals surface area contributed by atoms with Gasteiger partial charge in [-0.2, -0.15) is 0 Å². The van der Waals surface area contributed by atoms with E-state index in [4.69, 9.17) is 5.11 Å². The predicted molar refractivity (Wildman–Crippen MR) is 71.5 cm³/mol. The monoisotopic (exact) mass is 258 g/mol. The second kappa shape index (κ2) is 7.09. The first-order valence-corrected chi connectivity index (χ1v) is 6.62. The van der Waals surface area contributed by atoms with Crippen molar-refractivity contribution in [3.05, 3.63) is 12.3 Å². The van der Waals surface area contributed by atoms with E-state index in [9.17, 15) is 10.2 Å². The first-order valence-electron chi connectivity index (χ1n) is 6.62. The smallest absolute Gasteiger partial charge is 0.137 e. The van der Waals surface area contributed by atoms with E-state index in [0.29, 0.717) is 18.6 Å². The molecule has 4 N–H and O–H groups in total. The van der Waals surface area contributed by atoms with Gasteiger partial charge in [-0.1, -0.05) is 20.4 Å². The van der Waals surface area contributed by atoms with Crippen molar-refractivity contribution < 1.29 is 15.3 Å². The average Bonchev–Trinajstić information content (AvgIpc) is 2.29. The van der Waals surface area contributed by atoms with Crippen LogP contribution in [-0.2, 0) is 0 Å². The van der Waals surface area contributed by atoms with Crippen LogP contribution in [0.15, 0.2) is 12.3 Å². The molecule has 0 aliphatic carbocycles. The number of likely N-dealkylation sites (tertiary alicyclic amines) is 1. The maximum Gasteiger partial charge on any atom is 0.137 e. The van der Waals surface area contributed by atoms with Crippen molar-refractivity contribution in [1.82, 2.24) is 10.2 Å². The number of hydrogen-bond donors (Lipinski definition) is 4. The third-order valence-electron chi connectivity index (χ3n) is 3.31. The molecule has 0 radical (unpaired) electrons. The topological polar surface area (TPSA) is 76.0 Å². The van der Waals surface area contributed by atoms with Crippen LogP contribution < -0.4 is 5.32 Å². The summed E-state index contributed by atoms with van der Waals surface area (Å²) in [6.45, 7) is 9.67. The second-order valence-electron chi connectivity index (χ2n) is 5.40. The summed E-state index contributed by atoms with van der Waals surface area (Å²) in [5, 5.41) is 31.7. The van der Waals surface area contributed by atoms with Crippen molar-refractivity contribution >= 4 is 0 Å². The molecule has 2 atom stereocenters. The Kier molecular flexibility index (Phi) is 6.08. The molecule has 1 saturated heterocycles. The van der Waals surface area contributed by atoms with Crippen LogP contribution in [0.5, 0.6) is 0 Å². The lowest BCUT2D eigenvalue weighted by Crippen LogP contribution is -2.48. The summed E-state index contributed by atoms with van der Waals surface area (Å²) in [6, 6.07) is 1.03. The summed E-state index contributed by atoms with van der Waals surface area (Å²) in [5.41, 5.74) is 0. The first-order chi connectivity index (χ1) is 8.40. The molecule has 0 aromatic heterocycles. The molecule has 1 heterocycles. The molecule has 0 amide bonds. The normalized spacial score (nSPS) is 22.1. The van der Waals surface area contributed by atoms with Crippen LogP contribution in [0.25, 0.3) is 0 Å². The van der Waals surface area contributed by atoms with E-state index < -0.39 is 12.2 Å². The molecule has 5 nitrogen and oxygen atoms in total. The van der Waals surface area contributed by atoms with Gasteiger partial charge in [0.15, 0.2) is 0 Å². The molecule has 0 spiro atoms. The third kappa shape index (κ3) is 4.94. The van der Waals surface area contributed by atoms with Crippen LogP contribution in [0.1, 0.15) is 26.7 Å². The van der Waals surface area contributed by atoms with Crippen molar-refractivity contribution in [2.24, 2.45) is 0 Å². The highest BCUT2D eigenvalue weighted by atomic mass is 16.4. The number of β-amino-alcohol motifs (C(OH)–C–C–N with tert-alkyl or cyclic N) is 1. The summed E-state index contributed by atoms with van der Waals surface area (Å²) in [5.74, 6) is -0.376. The Bertz CT molecular complexity index is 263. The third-order valence-corrected chi connectivity index (χ3v) is 3.31. The van der Waals surface area contributed by atoms with E-state index in [1.807, 2.05) is 0 Å². The quantitative estimate of drug-likeness (QED) is 0.514. The van der Waals surface area contributed by atoms with E-state index in [1.165, 1.54) is 0 Å². The minimum atomic E-state index is -1.25. The average molecular weight is 258 g/mol. The zero-order chi connectivity index (χ0) is 13.7. The Morgan fingerprint density at radius 2 is 1.89 bits per heavy atom. The molecule has 18 heavy (non-hydrogen) atoms. The Balaban J connectivity index is 2.29. The number of piperidine rings is 1. The molecule has 0 aromatic rings. The van der Waals surface area contributed by atoms with Crippen molar-refractivity contribution in [3.8, 4) is 0 Å². The summed E-state index contributed by atoms with van der Waals surface area (Å²) in [6.07, 6.45) is -0.143. The molecule has 1 rings (SSSR count). The van der Waals surface area contributed by atoms with Gasteiger partial charge >= 0.3 is 0 Å². The van der Waals surface area contributed by atoms with Gasteiger partial charge in [-0.15, -0.1) is 0 Å². The first kappa shape index (κ1) is 15.4. The molecule has 1 aliphatic heterocycles. The van der Waals surface area contributed by atoms with Gasteiger partial charge in [0.1, 0.15) is 11.9 Å². The molecule has 5 heteroatoms. The molecular formula is C13H26N2O3. The van der Waals surface area contributed by atoms with Crippen molar-refractivity contribution in [3.63, 3.8) is 0 Å². The summed E-state index contributed by atoms with van der Waals surface area (Å²) >= 11 is 0. The van der Waals surface area contributed by atoms with Crippen LogP contribution in [0.4, 0.5) is 0 Å². The number of nitrogens with one attached hydrogen (secondary N) is 1.